The standard InChI is InChI=1S/C8H15NO.ClH/c9-8-3-1-7(2-4-8)5-6-10;/h6-8H,1-5,9H2;1H/t7-,8+;. The summed E-state index contributed by atoms with van der Waals surface area (Å²) in [7, 11) is 0. The second kappa shape index (κ2) is 5.56. The normalized spacial score (nSPS) is 30.6. The second-order valence-corrected chi connectivity index (χ2v) is 3.18. The molecule has 0 atom stereocenters. The van der Waals surface area contributed by atoms with Crippen LogP contribution < -0.4 is 5.73 Å². The highest BCUT2D eigenvalue weighted by atomic mass is 35.5. The van der Waals surface area contributed by atoms with Crippen LogP contribution in [0.5, 0.6) is 0 Å². The number of halogens is 1. The summed E-state index contributed by atoms with van der Waals surface area (Å²) in [4.78, 5) is 10.1. The van der Waals surface area contributed by atoms with Crippen molar-refractivity contribution in [3.63, 3.8) is 0 Å². The average molecular weight is 178 g/mol. The Morgan fingerprint density at radius 1 is 1.27 bits per heavy atom. The molecule has 0 spiro atoms. The van der Waals surface area contributed by atoms with Crippen molar-refractivity contribution in [2.75, 3.05) is 0 Å². The van der Waals surface area contributed by atoms with Gasteiger partial charge in [0.2, 0.25) is 0 Å². The molecule has 2 N–H and O–H groups in total. The lowest BCUT2D eigenvalue weighted by Gasteiger charge is -2.24. The highest BCUT2D eigenvalue weighted by Crippen LogP contribution is 2.24. The van der Waals surface area contributed by atoms with E-state index in [1.54, 1.807) is 0 Å². The summed E-state index contributed by atoms with van der Waals surface area (Å²) in [5, 5.41) is 0. The molecule has 1 saturated carbocycles. The third kappa shape index (κ3) is 3.73. The summed E-state index contributed by atoms with van der Waals surface area (Å²) >= 11 is 0. The van der Waals surface area contributed by atoms with Gasteiger partial charge in [-0.05, 0) is 31.6 Å². The van der Waals surface area contributed by atoms with Gasteiger partial charge in [-0.15, -0.1) is 12.4 Å². The van der Waals surface area contributed by atoms with E-state index in [9.17, 15) is 4.79 Å². The summed E-state index contributed by atoms with van der Waals surface area (Å²) < 4.78 is 0. The Kier molecular flexibility index (Phi) is 5.51. The summed E-state index contributed by atoms with van der Waals surface area (Å²) in [5.74, 6) is 0.636. The lowest BCUT2D eigenvalue weighted by atomic mass is 9.85. The van der Waals surface area contributed by atoms with E-state index in [1.165, 1.54) is 0 Å². The van der Waals surface area contributed by atoms with Crippen molar-refractivity contribution in [3.8, 4) is 0 Å². The zero-order valence-corrected chi connectivity index (χ0v) is 7.48. The molecule has 1 rings (SSSR count). The molecule has 0 radical (unpaired) electrons. The maximum absolute atomic E-state index is 10.1. The van der Waals surface area contributed by atoms with Crippen LogP contribution in [-0.4, -0.2) is 12.3 Å². The van der Waals surface area contributed by atoms with Gasteiger partial charge in [0, 0.05) is 12.5 Å². The van der Waals surface area contributed by atoms with Gasteiger partial charge in [-0.2, -0.15) is 0 Å². The van der Waals surface area contributed by atoms with Crippen molar-refractivity contribution in [2.45, 2.75) is 38.1 Å². The molecule has 0 aromatic carbocycles. The molecular weight excluding hydrogens is 162 g/mol. The Morgan fingerprint density at radius 2 is 1.82 bits per heavy atom. The first-order chi connectivity index (χ1) is 4.83. The van der Waals surface area contributed by atoms with Gasteiger partial charge in [-0.25, -0.2) is 0 Å². The van der Waals surface area contributed by atoms with E-state index >= 15 is 0 Å². The van der Waals surface area contributed by atoms with Crippen LogP contribution in [0.25, 0.3) is 0 Å². The zero-order valence-electron chi connectivity index (χ0n) is 6.66. The van der Waals surface area contributed by atoms with E-state index < -0.39 is 0 Å². The molecule has 11 heavy (non-hydrogen) atoms. The molecular formula is C8H16ClNO. The molecule has 2 nitrogen and oxygen atoms in total. The Bertz CT molecular complexity index is 111. The van der Waals surface area contributed by atoms with E-state index in [2.05, 4.69) is 0 Å². The van der Waals surface area contributed by atoms with Crippen LogP contribution in [0.1, 0.15) is 32.1 Å². The molecule has 0 aromatic rings. The van der Waals surface area contributed by atoms with Crippen molar-refractivity contribution >= 4 is 18.7 Å². The third-order valence-corrected chi connectivity index (χ3v) is 2.32. The Morgan fingerprint density at radius 3 is 2.27 bits per heavy atom. The number of hydrogen-bond acceptors (Lipinski definition) is 2. The van der Waals surface area contributed by atoms with Crippen molar-refractivity contribution < 1.29 is 4.79 Å². The fraction of sp³-hybridized carbons (Fsp3) is 0.875. The summed E-state index contributed by atoms with van der Waals surface area (Å²) in [6.45, 7) is 0. The number of carbonyl (C=O) groups excluding carboxylic acids is 1. The van der Waals surface area contributed by atoms with Gasteiger partial charge < -0.3 is 10.5 Å². The molecule has 3 heteroatoms. The van der Waals surface area contributed by atoms with Crippen molar-refractivity contribution in [3.05, 3.63) is 0 Å². The molecule has 0 bridgehead atoms. The average Bonchev–Trinajstić information content (AvgIpc) is 1.95. The molecule has 66 valence electrons. The van der Waals surface area contributed by atoms with Crippen molar-refractivity contribution in [2.24, 2.45) is 11.7 Å². The fourth-order valence-corrected chi connectivity index (χ4v) is 1.56. The first kappa shape index (κ1) is 10.9. The number of carbonyl (C=O) groups is 1. The number of rotatable bonds is 2. The monoisotopic (exact) mass is 177 g/mol. The highest BCUT2D eigenvalue weighted by molar-refractivity contribution is 5.85. The van der Waals surface area contributed by atoms with Gasteiger partial charge in [0.05, 0.1) is 0 Å². The summed E-state index contributed by atoms with van der Waals surface area (Å²) in [5.41, 5.74) is 5.70. The molecule has 0 heterocycles. The Balaban J connectivity index is 0.000001000. The Hall–Kier alpha value is -0.0800. The molecule has 1 aliphatic carbocycles. The maximum Gasteiger partial charge on any atom is 0.120 e. The zero-order chi connectivity index (χ0) is 7.40. The minimum atomic E-state index is 0. The van der Waals surface area contributed by atoms with Crippen molar-refractivity contribution in [1.29, 1.82) is 0 Å². The third-order valence-electron chi connectivity index (χ3n) is 2.32. The van der Waals surface area contributed by atoms with Gasteiger partial charge >= 0.3 is 0 Å². The van der Waals surface area contributed by atoms with Gasteiger partial charge in [0.25, 0.3) is 0 Å². The van der Waals surface area contributed by atoms with Gasteiger partial charge in [-0.1, -0.05) is 0 Å². The molecule has 1 fully saturated rings. The summed E-state index contributed by atoms with van der Waals surface area (Å²) in [6.07, 6.45) is 6.30. The lowest BCUT2D eigenvalue weighted by molar-refractivity contribution is -0.108. The first-order valence-corrected chi connectivity index (χ1v) is 4.02. The van der Waals surface area contributed by atoms with Crippen LogP contribution >= 0.6 is 12.4 Å². The predicted molar refractivity (Wildman–Crippen MR) is 47.9 cm³/mol. The van der Waals surface area contributed by atoms with Crippen LogP contribution in [0.2, 0.25) is 0 Å². The minimum absolute atomic E-state index is 0. The largest absolute Gasteiger partial charge is 0.328 e. The van der Waals surface area contributed by atoms with Gasteiger partial charge in [0.1, 0.15) is 6.29 Å². The summed E-state index contributed by atoms with van der Waals surface area (Å²) in [6, 6.07) is 0.405. The smallest absolute Gasteiger partial charge is 0.120 e. The number of hydrogen-bond donors (Lipinski definition) is 1. The van der Waals surface area contributed by atoms with Gasteiger partial charge in [-0.3, -0.25) is 0 Å². The SMILES string of the molecule is Cl.N[C@H]1CC[C@@H](CC=O)CC1. The molecule has 0 aromatic heterocycles. The quantitative estimate of drug-likeness (QED) is 0.650. The number of nitrogens with two attached hydrogens (primary N) is 1. The molecule has 0 aliphatic heterocycles. The van der Waals surface area contributed by atoms with E-state index in [-0.39, 0.29) is 12.4 Å². The van der Waals surface area contributed by atoms with Crippen LogP contribution in [0.3, 0.4) is 0 Å². The predicted octanol–water partition coefficient (Wildman–Crippen LogP) is 1.51. The molecule has 0 unspecified atom stereocenters. The second-order valence-electron chi connectivity index (χ2n) is 3.18. The van der Waals surface area contributed by atoms with E-state index in [0.29, 0.717) is 12.0 Å². The molecule has 1 aliphatic rings. The lowest BCUT2D eigenvalue weighted by Crippen LogP contribution is -2.26. The Labute approximate surface area is 73.9 Å². The van der Waals surface area contributed by atoms with Gasteiger partial charge in [0.15, 0.2) is 0 Å². The fourth-order valence-electron chi connectivity index (χ4n) is 1.56. The molecule has 0 amide bonds. The highest BCUT2D eigenvalue weighted by Gasteiger charge is 2.17. The van der Waals surface area contributed by atoms with E-state index in [4.69, 9.17) is 5.73 Å². The number of aldehydes is 1. The van der Waals surface area contributed by atoms with E-state index in [1.807, 2.05) is 0 Å². The van der Waals surface area contributed by atoms with Crippen LogP contribution in [-0.2, 0) is 4.79 Å². The molecule has 0 saturated heterocycles. The van der Waals surface area contributed by atoms with Crippen LogP contribution in [0.4, 0.5) is 0 Å². The van der Waals surface area contributed by atoms with Crippen molar-refractivity contribution in [1.82, 2.24) is 0 Å². The van der Waals surface area contributed by atoms with Crippen LogP contribution in [0.15, 0.2) is 0 Å². The van der Waals surface area contributed by atoms with E-state index in [0.717, 1.165) is 38.4 Å². The topological polar surface area (TPSA) is 43.1 Å². The maximum atomic E-state index is 10.1. The van der Waals surface area contributed by atoms with Crippen LogP contribution in [0, 0.1) is 5.92 Å². The minimum Gasteiger partial charge on any atom is -0.328 e. The first-order valence-electron chi connectivity index (χ1n) is 4.02.